The second-order valence-electron chi connectivity index (χ2n) is 7.79. The Labute approximate surface area is 180 Å². The van der Waals surface area contributed by atoms with Crippen LogP contribution in [0.25, 0.3) is 5.65 Å². The quantitative estimate of drug-likeness (QED) is 0.575. The highest BCUT2D eigenvalue weighted by atomic mass is 19.4. The van der Waals surface area contributed by atoms with Crippen LogP contribution >= 0.6 is 0 Å². The van der Waals surface area contributed by atoms with Gasteiger partial charge in [-0.25, -0.2) is 14.3 Å². The van der Waals surface area contributed by atoms with Crippen molar-refractivity contribution in [3.05, 3.63) is 41.1 Å². The van der Waals surface area contributed by atoms with Crippen molar-refractivity contribution in [3.8, 4) is 0 Å². The Bertz CT molecular complexity index is 1190. The van der Waals surface area contributed by atoms with Crippen LogP contribution in [0.4, 0.5) is 18.9 Å². The van der Waals surface area contributed by atoms with Crippen LogP contribution in [0.2, 0.25) is 0 Å². The number of amides is 1. The number of nitrogens with zero attached hydrogens (tertiary/aromatic N) is 5. The third kappa shape index (κ3) is 4.30. The van der Waals surface area contributed by atoms with E-state index >= 15 is 0 Å². The maximum Gasteiger partial charge on any atom is 0.433 e. The molecule has 1 N–H and O–H groups in total. The molecule has 0 aromatic carbocycles. The lowest BCUT2D eigenvalue weighted by Gasteiger charge is -2.10. The molecule has 1 amide bonds. The number of nitrogens with one attached hydrogen (secondary N) is 1. The topological polar surface area (TPSA) is 103 Å². The number of aromatic nitrogens is 5. The summed E-state index contributed by atoms with van der Waals surface area (Å²) >= 11 is 0. The van der Waals surface area contributed by atoms with Gasteiger partial charge in [0.05, 0.1) is 11.8 Å². The zero-order chi connectivity index (χ0) is 23.2. The number of hydrogen-bond acceptors (Lipinski definition) is 6. The molecule has 12 heteroatoms. The maximum atomic E-state index is 13.6. The van der Waals surface area contributed by atoms with Gasteiger partial charge in [-0.3, -0.25) is 9.48 Å². The normalized spacial score (nSPS) is 14.2. The predicted octanol–water partition coefficient (Wildman–Crippen LogP) is 3.66. The average Bonchev–Trinajstić information content (AvgIpc) is 3.33. The summed E-state index contributed by atoms with van der Waals surface area (Å²) in [5.74, 6) is -1.54. The second kappa shape index (κ2) is 7.92. The number of halogens is 3. The van der Waals surface area contributed by atoms with E-state index in [1.165, 1.54) is 16.9 Å². The molecule has 1 fully saturated rings. The number of carbonyl (C=O) groups is 2. The molecule has 0 aliphatic heterocycles. The minimum absolute atomic E-state index is 0.0114. The average molecular weight is 450 g/mol. The summed E-state index contributed by atoms with van der Waals surface area (Å²) in [5.41, 5.74) is -1.05. The second-order valence-corrected chi connectivity index (χ2v) is 7.79. The Morgan fingerprint density at radius 3 is 2.56 bits per heavy atom. The molecular formula is C20H21F3N6O3. The fourth-order valence-corrected chi connectivity index (χ4v) is 3.18. The van der Waals surface area contributed by atoms with Gasteiger partial charge in [0.2, 0.25) is 0 Å². The van der Waals surface area contributed by atoms with Gasteiger partial charge in [-0.2, -0.15) is 23.4 Å². The van der Waals surface area contributed by atoms with E-state index in [-0.39, 0.29) is 28.6 Å². The number of rotatable bonds is 6. The van der Waals surface area contributed by atoms with E-state index in [4.69, 9.17) is 4.74 Å². The number of alkyl halides is 3. The zero-order valence-corrected chi connectivity index (χ0v) is 17.6. The van der Waals surface area contributed by atoms with E-state index in [0.29, 0.717) is 16.8 Å². The van der Waals surface area contributed by atoms with E-state index in [1.54, 1.807) is 20.8 Å². The first-order chi connectivity index (χ1) is 15.1. The highest BCUT2D eigenvalue weighted by molar-refractivity contribution is 6.06. The molecule has 0 spiro atoms. The van der Waals surface area contributed by atoms with Crippen LogP contribution in [0.1, 0.15) is 71.9 Å². The molecule has 1 aliphatic rings. The van der Waals surface area contributed by atoms with Crippen molar-refractivity contribution in [3.63, 3.8) is 0 Å². The first-order valence-corrected chi connectivity index (χ1v) is 10.1. The molecule has 1 saturated carbocycles. The summed E-state index contributed by atoms with van der Waals surface area (Å²) in [6, 6.07) is 2.16. The molecule has 0 atom stereocenters. The Hall–Kier alpha value is -3.44. The minimum atomic E-state index is -4.67. The monoisotopic (exact) mass is 450 g/mol. The zero-order valence-electron chi connectivity index (χ0n) is 17.6. The number of ether oxygens (including phenoxy) is 1. The predicted molar refractivity (Wildman–Crippen MR) is 106 cm³/mol. The van der Waals surface area contributed by atoms with Crippen molar-refractivity contribution in [2.24, 2.45) is 0 Å². The Morgan fingerprint density at radius 1 is 1.25 bits per heavy atom. The van der Waals surface area contributed by atoms with Crippen molar-refractivity contribution in [1.82, 2.24) is 24.4 Å². The standard InChI is InChI=1S/C20H21F3N6O3/c1-4-28-9-14(17(27-28)19(31)32-10(2)3)25-18(30)13-8-16-24-12(11-5-6-11)7-15(20(21,22)23)29(16)26-13/h7-11H,4-6H2,1-3H3,(H,25,30). The molecule has 0 radical (unpaired) electrons. The summed E-state index contributed by atoms with van der Waals surface area (Å²) in [5, 5.41) is 10.4. The highest BCUT2D eigenvalue weighted by Gasteiger charge is 2.37. The Balaban J connectivity index is 1.68. The third-order valence-corrected chi connectivity index (χ3v) is 4.84. The molecule has 9 nitrogen and oxygen atoms in total. The van der Waals surface area contributed by atoms with Crippen LogP contribution in [0, 0.1) is 0 Å². The fourth-order valence-electron chi connectivity index (χ4n) is 3.18. The van der Waals surface area contributed by atoms with Gasteiger partial charge >= 0.3 is 12.1 Å². The molecule has 0 unspecified atom stereocenters. The number of fused-ring (bicyclic) bond motifs is 1. The lowest BCUT2D eigenvalue weighted by atomic mass is 10.2. The van der Waals surface area contributed by atoms with E-state index in [1.807, 2.05) is 0 Å². The van der Waals surface area contributed by atoms with Crippen molar-refractivity contribution in [2.75, 3.05) is 5.32 Å². The highest BCUT2D eigenvalue weighted by Crippen LogP contribution is 2.41. The molecule has 1 aliphatic carbocycles. The number of hydrogen-bond donors (Lipinski definition) is 1. The van der Waals surface area contributed by atoms with Crippen LogP contribution in [-0.4, -0.2) is 42.4 Å². The molecule has 3 aromatic rings. The van der Waals surface area contributed by atoms with Gasteiger partial charge in [-0.15, -0.1) is 0 Å². The van der Waals surface area contributed by atoms with E-state index in [2.05, 4.69) is 20.5 Å². The lowest BCUT2D eigenvalue weighted by molar-refractivity contribution is -0.142. The molecule has 4 rings (SSSR count). The summed E-state index contributed by atoms with van der Waals surface area (Å²) in [6.45, 7) is 5.56. The van der Waals surface area contributed by atoms with E-state index in [9.17, 15) is 22.8 Å². The summed E-state index contributed by atoms with van der Waals surface area (Å²) < 4.78 is 47.9. The van der Waals surface area contributed by atoms with Gasteiger partial charge in [0.15, 0.2) is 17.0 Å². The van der Waals surface area contributed by atoms with E-state index in [0.717, 1.165) is 18.9 Å². The molecule has 3 heterocycles. The maximum absolute atomic E-state index is 13.6. The molecule has 170 valence electrons. The van der Waals surface area contributed by atoms with Gasteiger partial charge in [-0.1, -0.05) is 0 Å². The summed E-state index contributed by atoms with van der Waals surface area (Å²) in [6.07, 6.45) is -2.07. The molecular weight excluding hydrogens is 429 g/mol. The van der Waals surface area contributed by atoms with Crippen molar-refractivity contribution >= 4 is 23.2 Å². The molecule has 3 aromatic heterocycles. The first-order valence-electron chi connectivity index (χ1n) is 10.1. The third-order valence-electron chi connectivity index (χ3n) is 4.84. The van der Waals surface area contributed by atoms with Gasteiger partial charge in [0, 0.05) is 30.4 Å². The summed E-state index contributed by atoms with van der Waals surface area (Å²) in [7, 11) is 0. The number of carbonyl (C=O) groups excluding carboxylic acids is 2. The van der Waals surface area contributed by atoms with Gasteiger partial charge in [0.1, 0.15) is 5.69 Å². The van der Waals surface area contributed by atoms with E-state index < -0.39 is 29.9 Å². The van der Waals surface area contributed by atoms with Gasteiger partial charge < -0.3 is 10.1 Å². The largest absolute Gasteiger partial charge is 0.458 e. The van der Waals surface area contributed by atoms with Crippen molar-refractivity contribution in [2.45, 2.75) is 58.4 Å². The van der Waals surface area contributed by atoms with Crippen LogP contribution in [0.3, 0.4) is 0 Å². The van der Waals surface area contributed by atoms with Crippen LogP contribution < -0.4 is 5.32 Å². The van der Waals surface area contributed by atoms with Crippen LogP contribution in [-0.2, 0) is 17.5 Å². The molecule has 32 heavy (non-hydrogen) atoms. The van der Waals surface area contributed by atoms with Gasteiger partial charge in [0.25, 0.3) is 5.91 Å². The fraction of sp³-hybridized carbons (Fsp3) is 0.450. The van der Waals surface area contributed by atoms with Crippen LogP contribution in [0.5, 0.6) is 0 Å². The first kappa shape index (κ1) is 21.8. The SMILES string of the molecule is CCn1cc(NC(=O)c2cc3nc(C4CC4)cc(C(F)(F)F)n3n2)c(C(=O)OC(C)C)n1. The Kier molecular flexibility index (Phi) is 5.39. The number of anilines is 1. The number of esters is 1. The Morgan fingerprint density at radius 2 is 1.97 bits per heavy atom. The summed E-state index contributed by atoms with van der Waals surface area (Å²) in [4.78, 5) is 29.4. The molecule has 0 saturated heterocycles. The van der Waals surface area contributed by atoms with Crippen molar-refractivity contribution < 1.29 is 27.5 Å². The molecule has 0 bridgehead atoms. The lowest BCUT2D eigenvalue weighted by Crippen LogP contribution is -2.18. The van der Waals surface area contributed by atoms with Gasteiger partial charge in [-0.05, 0) is 39.7 Å². The smallest absolute Gasteiger partial charge is 0.433 e. The number of aryl methyl sites for hydroxylation is 1. The van der Waals surface area contributed by atoms with Crippen molar-refractivity contribution in [1.29, 1.82) is 0 Å². The van der Waals surface area contributed by atoms with Crippen LogP contribution in [0.15, 0.2) is 18.3 Å². The minimum Gasteiger partial charge on any atom is -0.458 e.